The lowest BCUT2D eigenvalue weighted by Crippen LogP contribution is -2.32. The van der Waals surface area contributed by atoms with Crippen LogP contribution in [0.5, 0.6) is 0 Å². The molecule has 84 valence electrons. The predicted molar refractivity (Wildman–Crippen MR) is 68.2 cm³/mol. The van der Waals surface area contributed by atoms with Crippen molar-refractivity contribution in [2.24, 2.45) is 5.73 Å². The zero-order valence-corrected chi connectivity index (χ0v) is 11.1. The molecule has 3 nitrogen and oxygen atoms in total. The van der Waals surface area contributed by atoms with Crippen LogP contribution in [0.25, 0.3) is 0 Å². The van der Waals surface area contributed by atoms with Gasteiger partial charge in [-0.15, -0.1) is 0 Å². The molecule has 0 aliphatic carbocycles. The number of hydrogen-bond donors (Lipinski definition) is 1. The molecule has 0 bridgehead atoms. The topological polar surface area (TPSA) is 42.2 Å². The van der Waals surface area contributed by atoms with Crippen LogP contribution >= 0.6 is 15.9 Å². The Hall–Kier alpha value is -0.610. The van der Waals surface area contributed by atoms with Crippen LogP contribution in [-0.4, -0.2) is 24.6 Å². The van der Waals surface area contributed by atoms with E-state index < -0.39 is 0 Å². The van der Waals surface area contributed by atoms with Crippen molar-refractivity contribution in [1.82, 2.24) is 4.98 Å². The van der Waals surface area contributed by atoms with Crippen molar-refractivity contribution < 1.29 is 0 Å². The third kappa shape index (κ3) is 3.18. The fourth-order valence-corrected chi connectivity index (χ4v) is 1.99. The molecule has 1 atom stereocenters. The Morgan fingerprint density at radius 1 is 1.60 bits per heavy atom. The Balaban J connectivity index is 2.86. The summed E-state index contributed by atoms with van der Waals surface area (Å²) >= 11 is 3.41. The number of aromatic nitrogens is 1. The summed E-state index contributed by atoms with van der Waals surface area (Å²) in [6.07, 6.45) is 2.81. The summed E-state index contributed by atoms with van der Waals surface area (Å²) in [5.74, 6) is 1.03. The normalized spacial score (nSPS) is 12.6. The van der Waals surface area contributed by atoms with Crippen molar-refractivity contribution in [3.8, 4) is 0 Å². The van der Waals surface area contributed by atoms with E-state index in [0.29, 0.717) is 12.6 Å². The first-order valence-electron chi connectivity index (χ1n) is 5.11. The molecule has 1 rings (SSSR count). The van der Waals surface area contributed by atoms with Gasteiger partial charge in [-0.3, -0.25) is 0 Å². The number of hydrogen-bond acceptors (Lipinski definition) is 3. The smallest absolute Gasteiger partial charge is 0.131 e. The molecule has 2 N–H and O–H groups in total. The summed E-state index contributed by atoms with van der Waals surface area (Å²) in [7, 11) is 2.06. The average Bonchev–Trinajstić information content (AvgIpc) is 2.17. The maximum Gasteiger partial charge on any atom is 0.131 e. The fraction of sp³-hybridized carbons (Fsp3) is 0.545. The number of anilines is 1. The quantitative estimate of drug-likeness (QED) is 0.914. The average molecular weight is 272 g/mol. The Kier molecular flexibility index (Phi) is 4.54. The van der Waals surface area contributed by atoms with Gasteiger partial charge in [0.1, 0.15) is 5.82 Å². The van der Waals surface area contributed by atoms with Crippen LogP contribution in [-0.2, 0) is 0 Å². The summed E-state index contributed by atoms with van der Waals surface area (Å²) < 4.78 is 1.02. The van der Waals surface area contributed by atoms with Crippen LogP contribution < -0.4 is 10.6 Å². The zero-order chi connectivity index (χ0) is 11.4. The Labute approximate surface area is 99.8 Å². The Morgan fingerprint density at radius 2 is 2.27 bits per heavy atom. The van der Waals surface area contributed by atoms with E-state index in [4.69, 9.17) is 5.73 Å². The molecule has 1 heterocycles. The van der Waals surface area contributed by atoms with E-state index in [1.54, 1.807) is 0 Å². The van der Waals surface area contributed by atoms with Crippen molar-refractivity contribution in [3.63, 3.8) is 0 Å². The van der Waals surface area contributed by atoms with E-state index in [1.807, 2.05) is 6.20 Å². The van der Waals surface area contributed by atoms with Crippen LogP contribution in [0.2, 0.25) is 0 Å². The maximum absolute atomic E-state index is 5.55. The molecular weight excluding hydrogens is 254 g/mol. The number of rotatable bonds is 4. The van der Waals surface area contributed by atoms with Crippen LogP contribution in [0.1, 0.15) is 18.9 Å². The minimum Gasteiger partial charge on any atom is -0.357 e. The molecule has 0 saturated carbocycles. The highest BCUT2D eigenvalue weighted by atomic mass is 79.9. The largest absolute Gasteiger partial charge is 0.357 e. The van der Waals surface area contributed by atoms with Gasteiger partial charge in [-0.2, -0.15) is 0 Å². The van der Waals surface area contributed by atoms with E-state index >= 15 is 0 Å². The Bertz CT molecular complexity index is 328. The minimum atomic E-state index is 0.419. The van der Waals surface area contributed by atoms with Gasteiger partial charge >= 0.3 is 0 Å². The third-order valence-corrected chi connectivity index (χ3v) is 3.03. The zero-order valence-electron chi connectivity index (χ0n) is 9.50. The van der Waals surface area contributed by atoms with Crippen molar-refractivity contribution in [2.45, 2.75) is 26.3 Å². The van der Waals surface area contributed by atoms with Crippen molar-refractivity contribution in [2.75, 3.05) is 18.5 Å². The Morgan fingerprint density at radius 3 is 2.80 bits per heavy atom. The molecule has 1 aromatic heterocycles. The summed E-state index contributed by atoms with van der Waals surface area (Å²) in [6.45, 7) is 4.94. The molecule has 1 unspecified atom stereocenters. The SMILES string of the molecule is Cc1cc(Br)cnc1N(C)C(C)CCN. The van der Waals surface area contributed by atoms with E-state index in [1.165, 1.54) is 5.56 Å². The van der Waals surface area contributed by atoms with Gasteiger partial charge in [0.15, 0.2) is 0 Å². The minimum absolute atomic E-state index is 0.419. The van der Waals surface area contributed by atoms with E-state index in [2.05, 4.69) is 52.8 Å². The molecule has 4 heteroatoms. The van der Waals surface area contributed by atoms with Gasteiger partial charge in [0.2, 0.25) is 0 Å². The van der Waals surface area contributed by atoms with Crippen LogP contribution in [0.3, 0.4) is 0 Å². The molecule has 0 aromatic carbocycles. The highest BCUT2D eigenvalue weighted by Gasteiger charge is 2.12. The van der Waals surface area contributed by atoms with E-state index in [9.17, 15) is 0 Å². The number of nitrogens with two attached hydrogens (primary N) is 1. The molecule has 1 aromatic rings. The summed E-state index contributed by atoms with van der Waals surface area (Å²) in [6, 6.07) is 2.50. The van der Waals surface area contributed by atoms with Crippen molar-refractivity contribution >= 4 is 21.7 Å². The van der Waals surface area contributed by atoms with Crippen LogP contribution in [0.15, 0.2) is 16.7 Å². The molecule has 0 radical (unpaired) electrons. The van der Waals surface area contributed by atoms with Gasteiger partial charge in [-0.1, -0.05) is 0 Å². The summed E-state index contributed by atoms with van der Waals surface area (Å²) in [4.78, 5) is 6.59. The third-order valence-electron chi connectivity index (χ3n) is 2.60. The number of pyridine rings is 1. The molecule has 0 aliphatic heterocycles. The van der Waals surface area contributed by atoms with Crippen LogP contribution in [0, 0.1) is 6.92 Å². The first-order valence-corrected chi connectivity index (χ1v) is 5.90. The second kappa shape index (κ2) is 5.47. The molecule has 0 fully saturated rings. The lowest BCUT2D eigenvalue weighted by atomic mass is 10.2. The number of halogens is 1. The number of nitrogens with zero attached hydrogens (tertiary/aromatic N) is 2. The van der Waals surface area contributed by atoms with E-state index in [0.717, 1.165) is 16.7 Å². The van der Waals surface area contributed by atoms with Crippen LogP contribution in [0.4, 0.5) is 5.82 Å². The first-order chi connectivity index (χ1) is 7.06. The standard InChI is InChI=1S/C11H18BrN3/c1-8-6-10(12)7-14-11(8)15(3)9(2)4-5-13/h6-7,9H,4-5,13H2,1-3H3. The lowest BCUT2D eigenvalue weighted by Gasteiger charge is -2.27. The second-order valence-corrected chi connectivity index (χ2v) is 4.75. The van der Waals surface area contributed by atoms with Gasteiger partial charge in [-0.25, -0.2) is 4.98 Å². The lowest BCUT2D eigenvalue weighted by molar-refractivity contribution is 0.628. The molecule has 0 spiro atoms. The summed E-state index contributed by atoms with van der Waals surface area (Å²) in [5.41, 5.74) is 6.73. The molecule has 15 heavy (non-hydrogen) atoms. The maximum atomic E-state index is 5.55. The van der Waals surface area contributed by atoms with Gasteiger partial charge in [0, 0.05) is 23.8 Å². The monoisotopic (exact) mass is 271 g/mol. The van der Waals surface area contributed by atoms with Gasteiger partial charge in [-0.05, 0) is 54.4 Å². The molecule has 0 amide bonds. The summed E-state index contributed by atoms with van der Waals surface area (Å²) in [5, 5.41) is 0. The van der Waals surface area contributed by atoms with E-state index in [-0.39, 0.29) is 0 Å². The molecule has 0 saturated heterocycles. The highest BCUT2D eigenvalue weighted by molar-refractivity contribution is 9.10. The second-order valence-electron chi connectivity index (χ2n) is 3.83. The van der Waals surface area contributed by atoms with Gasteiger partial charge in [0.25, 0.3) is 0 Å². The van der Waals surface area contributed by atoms with Crippen molar-refractivity contribution in [3.05, 3.63) is 22.3 Å². The van der Waals surface area contributed by atoms with Gasteiger partial charge < -0.3 is 10.6 Å². The van der Waals surface area contributed by atoms with Crippen molar-refractivity contribution in [1.29, 1.82) is 0 Å². The molecular formula is C11H18BrN3. The number of aryl methyl sites for hydroxylation is 1. The molecule has 0 aliphatic rings. The predicted octanol–water partition coefficient (Wildman–Crippen LogP) is 2.33. The first kappa shape index (κ1) is 12.5. The fourth-order valence-electron chi connectivity index (χ4n) is 1.55. The van der Waals surface area contributed by atoms with Gasteiger partial charge in [0.05, 0.1) is 0 Å². The highest BCUT2D eigenvalue weighted by Crippen LogP contribution is 2.21.